The van der Waals surface area contributed by atoms with Gasteiger partial charge < -0.3 is 30.4 Å². The van der Waals surface area contributed by atoms with Crippen LogP contribution in [0, 0.1) is 13.8 Å². The van der Waals surface area contributed by atoms with Gasteiger partial charge >= 0.3 is 11.9 Å². The van der Waals surface area contributed by atoms with E-state index in [0.717, 1.165) is 78.0 Å². The molecule has 0 fully saturated rings. The lowest BCUT2D eigenvalue weighted by Crippen LogP contribution is -1.98. The van der Waals surface area contributed by atoms with Crippen LogP contribution in [-0.2, 0) is 22.4 Å². The summed E-state index contributed by atoms with van der Waals surface area (Å²) < 4.78 is 0. The van der Waals surface area contributed by atoms with Gasteiger partial charge in [-0.05, 0) is 122 Å². The zero-order valence-electron chi connectivity index (χ0n) is 25.5. The number of carboxylic acids is 2. The Morgan fingerprint density at radius 3 is 1.43 bits per heavy atom. The van der Waals surface area contributed by atoms with Crippen molar-refractivity contribution < 1.29 is 30.0 Å². The van der Waals surface area contributed by atoms with Crippen LogP contribution < -0.4 is 0 Å². The predicted molar refractivity (Wildman–Crippen MR) is 171 cm³/mol. The number of hydrogen-bond donors (Lipinski definition) is 6. The van der Waals surface area contributed by atoms with Crippen molar-refractivity contribution in [1.82, 2.24) is 19.9 Å². The van der Waals surface area contributed by atoms with Crippen LogP contribution in [0.25, 0.3) is 44.4 Å². The van der Waals surface area contributed by atoms with E-state index < -0.39 is 11.9 Å². The summed E-state index contributed by atoms with van der Waals surface area (Å²) in [5.41, 5.74) is 13.2. The Labute approximate surface area is 254 Å². The number of aliphatic hydroxyl groups is 2. The van der Waals surface area contributed by atoms with Gasteiger partial charge in [0.15, 0.2) is 0 Å². The van der Waals surface area contributed by atoms with Crippen molar-refractivity contribution in [2.75, 3.05) is 13.2 Å². The molecule has 6 N–H and O–H groups in total. The zero-order chi connectivity index (χ0) is 31.7. The van der Waals surface area contributed by atoms with Crippen molar-refractivity contribution in [3.63, 3.8) is 0 Å². The minimum absolute atomic E-state index is 0.0343. The molecule has 0 radical (unpaired) electrons. The number of aromatic nitrogens is 4. The number of nitrogens with one attached hydrogen (secondary N) is 2. The number of carboxylic acid groups (broad SMARTS) is 2. The van der Waals surface area contributed by atoms with Gasteiger partial charge in [-0.15, -0.1) is 0 Å². The van der Waals surface area contributed by atoms with Crippen LogP contribution in [0.2, 0.25) is 0 Å². The molecule has 0 unspecified atom stereocenters. The molecule has 2 aliphatic rings. The molecule has 0 aliphatic carbocycles. The second-order valence-electron chi connectivity index (χ2n) is 11.4. The number of nitrogens with zero attached hydrogens (tertiary/aromatic N) is 2. The SMILES string of the molecule is CC1=C(CCO)c2cc3nc(cc4[nH]c(cc5[nH]c(cc1n2)c(C)c5CCC(=O)O)c(CCC(=O)O)c4C)C(CCO)=C3C. The minimum atomic E-state index is -0.897. The van der Waals surface area contributed by atoms with Crippen molar-refractivity contribution in [2.45, 2.75) is 66.2 Å². The zero-order valence-corrected chi connectivity index (χ0v) is 25.5. The summed E-state index contributed by atoms with van der Waals surface area (Å²) in [7, 11) is 0. The highest BCUT2D eigenvalue weighted by Gasteiger charge is 2.22. The number of fused-ring (bicyclic) bond motifs is 8. The lowest BCUT2D eigenvalue weighted by molar-refractivity contribution is -0.138. The number of aryl methyl sites for hydroxylation is 4. The molecule has 0 saturated heterocycles. The molecule has 0 aromatic carbocycles. The van der Waals surface area contributed by atoms with Crippen LogP contribution in [0.15, 0.2) is 24.3 Å². The molecule has 5 heterocycles. The Balaban J connectivity index is 1.93. The van der Waals surface area contributed by atoms with Gasteiger partial charge in [-0.25, -0.2) is 9.97 Å². The van der Waals surface area contributed by atoms with E-state index in [0.29, 0.717) is 37.1 Å². The van der Waals surface area contributed by atoms with Crippen molar-refractivity contribution in [3.8, 4) is 0 Å². The summed E-state index contributed by atoms with van der Waals surface area (Å²) >= 11 is 0. The van der Waals surface area contributed by atoms with Gasteiger partial charge in [0.25, 0.3) is 0 Å². The molecule has 3 aromatic rings. The first-order valence-electron chi connectivity index (χ1n) is 14.8. The normalized spacial score (nSPS) is 13.2. The number of H-pyrrole nitrogens is 2. The first-order valence-corrected chi connectivity index (χ1v) is 14.8. The van der Waals surface area contributed by atoms with Crippen molar-refractivity contribution in [2.24, 2.45) is 0 Å². The molecule has 10 heteroatoms. The molecule has 3 aromatic heterocycles. The van der Waals surface area contributed by atoms with Gasteiger partial charge in [-0.2, -0.15) is 0 Å². The van der Waals surface area contributed by atoms with Crippen LogP contribution in [0.1, 0.15) is 84.6 Å². The predicted octanol–water partition coefficient (Wildman–Crippen LogP) is 5.59. The van der Waals surface area contributed by atoms with E-state index >= 15 is 0 Å². The third kappa shape index (κ3) is 5.95. The maximum Gasteiger partial charge on any atom is 0.303 e. The van der Waals surface area contributed by atoms with Gasteiger partial charge in [-0.3, -0.25) is 9.59 Å². The van der Waals surface area contributed by atoms with Gasteiger partial charge in [0.2, 0.25) is 0 Å². The van der Waals surface area contributed by atoms with E-state index in [-0.39, 0.29) is 26.1 Å². The molecule has 8 bridgehead atoms. The van der Waals surface area contributed by atoms with Gasteiger partial charge in [0.1, 0.15) is 0 Å². The number of aromatic amines is 2. The molecule has 0 saturated carbocycles. The van der Waals surface area contributed by atoms with Crippen LogP contribution in [0.3, 0.4) is 0 Å². The highest BCUT2D eigenvalue weighted by Crippen LogP contribution is 2.37. The number of rotatable bonds is 10. The first kappa shape index (κ1) is 30.9. The Bertz CT molecular complexity index is 1890. The number of allylic oxidation sites excluding steroid dienone is 2. The fourth-order valence-corrected chi connectivity index (χ4v) is 6.18. The smallest absolute Gasteiger partial charge is 0.303 e. The number of aliphatic carboxylic acids is 2. The number of aliphatic hydroxyl groups excluding tert-OH is 2. The third-order valence-corrected chi connectivity index (χ3v) is 8.70. The molecule has 5 rings (SSSR count). The highest BCUT2D eigenvalue weighted by molar-refractivity contribution is 5.95. The van der Waals surface area contributed by atoms with Gasteiger partial charge in [0.05, 0.1) is 22.8 Å². The molecule has 2 aliphatic heterocycles. The molecular formula is C34H38N4O6. The molecule has 0 atom stereocenters. The van der Waals surface area contributed by atoms with E-state index in [2.05, 4.69) is 9.97 Å². The lowest BCUT2D eigenvalue weighted by atomic mass is 10.0. The second kappa shape index (κ2) is 12.6. The van der Waals surface area contributed by atoms with Crippen LogP contribution in [-0.4, -0.2) is 65.5 Å². The molecule has 0 spiro atoms. The van der Waals surface area contributed by atoms with Crippen molar-refractivity contribution in [3.05, 3.63) is 69.3 Å². The first-order chi connectivity index (χ1) is 21.0. The molecule has 44 heavy (non-hydrogen) atoms. The largest absolute Gasteiger partial charge is 0.481 e. The third-order valence-electron chi connectivity index (χ3n) is 8.70. The summed E-state index contributed by atoms with van der Waals surface area (Å²) in [6, 6.07) is 7.75. The molecular weight excluding hydrogens is 560 g/mol. The summed E-state index contributed by atoms with van der Waals surface area (Å²) in [4.78, 5) is 40.0. The minimum Gasteiger partial charge on any atom is -0.481 e. The Hall–Kier alpha value is -4.54. The summed E-state index contributed by atoms with van der Waals surface area (Å²) in [5, 5.41) is 38.7. The van der Waals surface area contributed by atoms with Crippen LogP contribution in [0.4, 0.5) is 0 Å². The standard InChI is InChI=1S/C34H38N4O6/c1-17-21(5-7-33(41)42)31-16-32-22(6-8-34(43)44)18(2)27(38-32)14-30-24(10-12-40)20(4)28(37-30)15-29-23(9-11-39)19(3)26(35-29)13-25(17)36-31/h13-16,36,38-40H,5-12H2,1-4H3,(H,41,42)(H,43,44). The molecule has 10 nitrogen and oxygen atoms in total. The number of carbonyl (C=O) groups is 2. The average molecular weight is 599 g/mol. The fraction of sp³-hybridized carbons (Fsp3) is 0.353. The van der Waals surface area contributed by atoms with E-state index in [1.165, 1.54) is 0 Å². The fourth-order valence-electron chi connectivity index (χ4n) is 6.18. The van der Waals surface area contributed by atoms with Crippen molar-refractivity contribution in [1.29, 1.82) is 0 Å². The van der Waals surface area contributed by atoms with E-state index in [4.69, 9.17) is 9.97 Å². The van der Waals surface area contributed by atoms with Gasteiger partial charge in [0, 0.05) is 48.1 Å². The van der Waals surface area contributed by atoms with Gasteiger partial charge in [-0.1, -0.05) is 0 Å². The van der Waals surface area contributed by atoms with E-state index in [1.54, 1.807) is 0 Å². The topological polar surface area (TPSA) is 172 Å². The van der Waals surface area contributed by atoms with Crippen LogP contribution in [0.5, 0.6) is 0 Å². The Kier molecular flexibility index (Phi) is 8.85. The van der Waals surface area contributed by atoms with E-state index in [9.17, 15) is 30.0 Å². The molecule has 0 amide bonds. The lowest BCUT2D eigenvalue weighted by Gasteiger charge is -2.03. The summed E-state index contributed by atoms with van der Waals surface area (Å²) in [6.45, 7) is 7.78. The number of hydrogen-bond acceptors (Lipinski definition) is 6. The average Bonchev–Trinajstić information content (AvgIpc) is 3.62. The summed E-state index contributed by atoms with van der Waals surface area (Å²) in [5.74, 6) is -1.79. The van der Waals surface area contributed by atoms with Crippen molar-refractivity contribution >= 4 is 56.3 Å². The summed E-state index contributed by atoms with van der Waals surface area (Å²) in [6.07, 6.45) is 1.37. The monoisotopic (exact) mass is 598 g/mol. The maximum absolute atomic E-state index is 11.6. The second-order valence-corrected chi connectivity index (χ2v) is 11.4. The Morgan fingerprint density at radius 1 is 0.591 bits per heavy atom. The maximum atomic E-state index is 11.6. The van der Waals surface area contributed by atoms with E-state index in [1.807, 2.05) is 52.0 Å². The quantitative estimate of drug-likeness (QED) is 0.175. The molecule has 230 valence electrons. The van der Waals surface area contributed by atoms with Crippen LogP contribution >= 0.6 is 0 Å². The highest BCUT2D eigenvalue weighted by atomic mass is 16.4. The Morgan fingerprint density at radius 2 is 1.00 bits per heavy atom.